The first-order valence-corrected chi connectivity index (χ1v) is 10.2. The van der Waals surface area contributed by atoms with Crippen LogP contribution in [0.1, 0.15) is 15.9 Å². The van der Waals surface area contributed by atoms with Crippen LogP contribution in [0.15, 0.2) is 54.7 Å². The van der Waals surface area contributed by atoms with E-state index in [1.807, 2.05) is 12.1 Å². The van der Waals surface area contributed by atoms with Gasteiger partial charge >= 0.3 is 0 Å². The van der Waals surface area contributed by atoms with Crippen LogP contribution < -0.4 is 34.7 Å². The first kappa shape index (κ1) is 24.2. The van der Waals surface area contributed by atoms with Crippen molar-refractivity contribution >= 4 is 11.8 Å². The Balaban J connectivity index is 1.65. The minimum atomic E-state index is -0.653. The number of methoxy groups -OCH3 is 3. The summed E-state index contributed by atoms with van der Waals surface area (Å²) >= 11 is 0. The number of ether oxygens (including phenoxy) is 5. The summed E-state index contributed by atoms with van der Waals surface area (Å²) in [5, 5.41) is 2.81. The van der Waals surface area contributed by atoms with Crippen molar-refractivity contribution in [3.63, 3.8) is 0 Å². The summed E-state index contributed by atoms with van der Waals surface area (Å²) in [4.78, 5) is 28.0. The molecule has 0 saturated carbocycles. The van der Waals surface area contributed by atoms with Crippen molar-refractivity contribution in [3.8, 4) is 34.6 Å². The molecule has 34 heavy (non-hydrogen) atoms. The molecule has 0 aliphatic heterocycles. The number of carbonyl (C=O) groups is 2. The van der Waals surface area contributed by atoms with E-state index >= 15 is 0 Å². The number of amides is 2. The topological polar surface area (TPSA) is 131 Å². The molecule has 10 heteroatoms. The number of rotatable bonds is 11. The molecular weight excluding hydrogens is 442 g/mol. The van der Waals surface area contributed by atoms with Crippen LogP contribution in [0.25, 0.3) is 0 Å². The fourth-order valence-electron chi connectivity index (χ4n) is 2.94. The molecule has 0 aliphatic carbocycles. The van der Waals surface area contributed by atoms with Gasteiger partial charge in [0, 0.05) is 30.4 Å². The average molecular weight is 467 g/mol. The molecule has 0 unspecified atom stereocenters. The maximum absolute atomic E-state index is 12.7. The number of nitrogens with zero attached hydrogens (tertiary/aromatic N) is 1. The van der Waals surface area contributed by atoms with Crippen molar-refractivity contribution in [3.05, 3.63) is 65.9 Å². The first-order valence-electron chi connectivity index (χ1n) is 10.2. The van der Waals surface area contributed by atoms with Crippen LogP contribution in [0.4, 0.5) is 0 Å². The molecular formula is C24H25N3O7. The van der Waals surface area contributed by atoms with Gasteiger partial charge < -0.3 is 34.7 Å². The molecule has 1 heterocycles. The second-order valence-electron chi connectivity index (χ2n) is 6.93. The van der Waals surface area contributed by atoms with Crippen LogP contribution >= 0.6 is 0 Å². The van der Waals surface area contributed by atoms with E-state index in [0.717, 1.165) is 5.56 Å². The number of nitrogens with two attached hydrogens (primary N) is 1. The lowest BCUT2D eigenvalue weighted by Gasteiger charge is -2.15. The normalized spacial score (nSPS) is 10.2. The smallest absolute Gasteiger partial charge is 0.255 e. The summed E-state index contributed by atoms with van der Waals surface area (Å²) in [6.45, 7) is -0.126. The molecule has 0 fully saturated rings. The van der Waals surface area contributed by atoms with Gasteiger partial charge in [-0.15, -0.1) is 0 Å². The maximum atomic E-state index is 12.7. The van der Waals surface area contributed by atoms with E-state index in [9.17, 15) is 9.59 Å². The molecule has 0 spiro atoms. The Morgan fingerprint density at radius 3 is 2.24 bits per heavy atom. The minimum Gasteiger partial charge on any atom is -0.497 e. The summed E-state index contributed by atoms with van der Waals surface area (Å²) in [5.74, 6) is 1.30. The number of primary amides is 1. The number of hydrogen-bond donors (Lipinski definition) is 2. The van der Waals surface area contributed by atoms with E-state index in [1.54, 1.807) is 37.6 Å². The van der Waals surface area contributed by atoms with E-state index in [-0.39, 0.29) is 41.9 Å². The lowest BCUT2D eigenvalue weighted by molar-refractivity contribution is -0.120. The molecule has 0 radical (unpaired) electrons. The summed E-state index contributed by atoms with van der Waals surface area (Å²) in [6.07, 6.45) is 1.61. The molecule has 0 atom stereocenters. The zero-order valence-corrected chi connectivity index (χ0v) is 19.0. The van der Waals surface area contributed by atoms with Gasteiger partial charge in [-0.05, 0) is 29.8 Å². The Bertz CT molecular complexity index is 1120. The van der Waals surface area contributed by atoms with Crippen LogP contribution in [0.5, 0.6) is 34.6 Å². The van der Waals surface area contributed by atoms with Gasteiger partial charge in [-0.3, -0.25) is 9.59 Å². The van der Waals surface area contributed by atoms with Gasteiger partial charge in [0.05, 0.1) is 21.3 Å². The number of pyridine rings is 1. The quantitative estimate of drug-likeness (QED) is 0.440. The van der Waals surface area contributed by atoms with Gasteiger partial charge in [-0.2, -0.15) is 0 Å². The van der Waals surface area contributed by atoms with E-state index in [2.05, 4.69) is 10.3 Å². The molecule has 0 bridgehead atoms. The molecule has 10 nitrogen and oxygen atoms in total. The zero-order chi connectivity index (χ0) is 24.5. The van der Waals surface area contributed by atoms with Gasteiger partial charge in [0.25, 0.3) is 11.8 Å². The standard InChI is InChI=1S/C24H25N3O7/c1-30-17-5-4-6-18(11-17)34-22-8-7-15(12-26-22)13-27-24(29)16-9-19(31-2)23(20(10-16)32-3)33-14-21(25)28/h4-12H,13-14H2,1-3H3,(H2,25,28)(H,27,29). The third kappa shape index (κ3) is 6.28. The fraction of sp³-hybridized carbons (Fsp3) is 0.208. The number of nitrogens with one attached hydrogen (secondary N) is 1. The third-order valence-electron chi connectivity index (χ3n) is 4.60. The van der Waals surface area contributed by atoms with Crippen LogP contribution in [0, 0.1) is 0 Å². The number of aromatic nitrogens is 1. The minimum absolute atomic E-state index is 0.177. The van der Waals surface area contributed by atoms with E-state index in [0.29, 0.717) is 17.4 Å². The zero-order valence-electron chi connectivity index (χ0n) is 19.0. The largest absolute Gasteiger partial charge is 0.497 e. The van der Waals surface area contributed by atoms with Crippen LogP contribution in [0.3, 0.4) is 0 Å². The van der Waals surface area contributed by atoms with E-state index in [1.165, 1.54) is 26.4 Å². The summed E-state index contributed by atoms with van der Waals surface area (Å²) in [7, 11) is 4.40. The molecule has 2 aromatic carbocycles. The molecule has 0 aliphatic rings. The third-order valence-corrected chi connectivity index (χ3v) is 4.60. The number of hydrogen-bond acceptors (Lipinski definition) is 8. The molecule has 0 saturated heterocycles. The Hall–Kier alpha value is -4.47. The SMILES string of the molecule is COc1cccc(Oc2ccc(CNC(=O)c3cc(OC)c(OCC(N)=O)c(OC)c3)cn2)c1. The van der Waals surface area contributed by atoms with Crippen LogP contribution in [0.2, 0.25) is 0 Å². The lowest BCUT2D eigenvalue weighted by atomic mass is 10.1. The predicted octanol–water partition coefficient (Wildman–Crippen LogP) is 2.69. The molecule has 1 aromatic heterocycles. The Labute approximate surface area is 196 Å². The monoisotopic (exact) mass is 467 g/mol. The highest BCUT2D eigenvalue weighted by Crippen LogP contribution is 2.38. The van der Waals surface area contributed by atoms with Gasteiger partial charge in [0.15, 0.2) is 18.1 Å². The van der Waals surface area contributed by atoms with Crippen molar-refractivity contribution in [2.75, 3.05) is 27.9 Å². The Morgan fingerprint density at radius 2 is 1.65 bits per heavy atom. The predicted molar refractivity (Wildman–Crippen MR) is 123 cm³/mol. The van der Waals surface area contributed by atoms with E-state index in [4.69, 9.17) is 29.4 Å². The number of carbonyl (C=O) groups excluding carboxylic acids is 2. The fourth-order valence-corrected chi connectivity index (χ4v) is 2.94. The van der Waals surface area contributed by atoms with Crippen molar-refractivity contribution in [2.24, 2.45) is 5.73 Å². The second kappa shape index (κ2) is 11.4. The van der Waals surface area contributed by atoms with Gasteiger partial charge in [0.2, 0.25) is 11.6 Å². The van der Waals surface area contributed by atoms with Crippen LogP contribution in [-0.2, 0) is 11.3 Å². The average Bonchev–Trinajstić information content (AvgIpc) is 2.86. The van der Waals surface area contributed by atoms with Crippen molar-refractivity contribution in [2.45, 2.75) is 6.54 Å². The molecule has 3 rings (SSSR count). The highest BCUT2D eigenvalue weighted by atomic mass is 16.5. The van der Waals surface area contributed by atoms with Gasteiger partial charge in [-0.25, -0.2) is 4.98 Å². The van der Waals surface area contributed by atoms with Gasteiger partial charge in [-0.1, -0.05) is 12.1 Å². The molecule has 2 amide bonds. The lowest BCUT2D eigenvalue weighted by Crippen LogP contribution is -2.23. The van der Waals surface area contributed by atoms with E-state index < -0.39 is 5.91 Å². The Kier molecular flexibility index (Phi) is 8.11. The van der Waals surface area contributed by atoms with Crippen molar-refractivity contribution in [1.82, 2.24) is 10.3 Å². The second-order valence-corrected chi connectivity index (χ2v) is 6.93. The highest BCUT2D eigenvalue weighted by molar-refractivity contribution is 5.95. The number of benzene rings is 2. The van der Waals surface area contributed by atoms with Crippen molar-refractivity contribution < 1.29 is 33.3 Å². The molecule has 3 aromatic rings. The first-order chi connectivity index (χ1) is 16.4. The summed E-state index contributed by atoms with van der Waals surface area (Å²) < 4.78 is 26.8. The van der Waals surface area contributed by atoms with Gasteiger partial charge in [0.1, 0.15) is 11.5 Å². The Morgan fingerprint density at radius 1 is 0.941 bits per heavy atom. The summed E-state index contributed by atoms with van der Waals surface area (Å²) in [5.41, 5.74) is 6.18. The summed E-state index contributed by atoms with van der Waals surface area (Å²) in [6, 6.07) is 13.7. The molecule has 3 N–H and O–H groups in total. The molecule has 178 valence electrons. The van der Waals surface area contributed by atoms with Crippen molar-refractivity contribution in [1.29, 1.82) is 0 Å². The highest BCUT2D eigenvalue weighted by Gasteiger charge is 2.18. The maximum Gasteiger partial charge on any atom is 0.255 e. The van der Waals surface area contributed by atoms with Crippen LogP contribution in [-0.4, -0.2) is 44.7 Å².